The lowest BCUT2D eigenvalue weighted by molar-refractivity contribution is -0.135. The maximum Gasteiger partial charge on any atom is 0.239 e. The van der Waals surface area contributed by atoms with Gasteiger partial charge in [-0.2, -0.15) is 0 Å². The number of carbonyl (C=O) groups is 1. The van der Waals surface area contributed by atoms with E-state index in [9.17, 15) is 4.79 Å². The topological polar surface area (TPSA) is 46.3 Å². The molecule has 2 rings (SSSR count). The fourth-order valence-electron chi connectivity index (χ4n) is 3.32. The molecule has 4 atom stereocenters. The van der Waals surface area contributed by atoms with Crippen LogP contribution in [0.1, 0.15) is 46.0 Å². The molecule has 0 spiro atoms. The maximum absolute atomic E-state index is 12.0. The van der Waals surface area contributed by atoms with Crippen LogP contribution in [0, 0.1) is 5.92 Å². The summed E-state index contributed by atoms with van der Waals surface area (Å²) in [6.07, 6.45) is 6.29. The van der Waals surface area contributed by atoms with E-state index in [0.29, 0.717) is 12.1 Å². The first kappa shape index (κ1) is 10.9. The van der Waals surface area contributed by atoms with E-state index in [-0.39, 0.29) is 11.9 Å². The molecule has 0 radical (unpaired) electrons. The summed E-state index contributed by atoms with van der Waals surface area (Å²) in [5.41, 5.74) is 5.71. The zero-order valence-corrected chi connectivity index (χ0v) is 9.78. The molecule has 1 aliphatic carbocycles. The maximum atomic E-state index is 12.0. The Labute approximate surface area is 92.0 Å². The molecule has 1 saturated heterocycles. The van der Waals surface area contributed by atoms with Crippen molar-refractivity contribution in [3.8, 4) is 0 Å². The summed E-state index contributed by atoms with van der Waals surface area (Å²) in [5, 5.41) is 0. The first-order valence-electron chi connectivity index (χ1n) is 6.19. The molecule has 2 fully saturated rings. The Kier molecular flexibility index (Phi) is 3.01. The van der Waals surface area contributed by atoms with Gasteiger partial charge in [0.2, 0.25) is 5.91 Å². The standard InChI is InChI=1S/C12H22N2O/c1-8-7-10-5-3-4-6-11(10)14(8)12(15)9(2)13/h8-11H,3-7,13H2,1-2H3. The number of carbonyl (C=O) groups excluding carboxylic acids is 1. The Bertz CT molecular complexity index is 252. The molecule has 0 bridgehead atoms. The molecular weight excluding hydrogens is 188 g/mol. The third kappa shape index (κ3) is 1.89. The first-order chi connectivity index (χ1) is 7.11. The van der Waals surface area contributed by atoms with E-state index in [1.165, 1.54) is 32.1 Å². The van der Waals surface area contributed by atoms with E-state index in [1.54, 1.807) is 6.92 Å². The molecule has 0 aromatic carbocycles. The molecule has 1 heterocycles. The predicted octanol–water partition coefficient (Wildman–Crippen LogP) is 1.51. The van der Waals surface area contributed by atoms with Crippen molar-refractivity contribution in [2.24, 2.45) is 11.7 Å². The van der Waals surface area contributed by atoms with Crippen molar-refractivity contribution in [1.29, 1.82) is 0 Å². The number of hydrogen-bond donors (Lipinski definition) is 1. The number of rotatable bonds is 1. The van der Waals surface area contributed by atoms with Crippen LogP contribution in [-0.2, 0) is 4.79 Å². The van der Waals surface area contributed by atoms with Crippen molar-refractivity contribution in [3.05, 3.63) is 0 Å². The lowest BCUT2D eigenvalue weighted by atomic mass is 9.85. The van der Waals surface area contributed by atoms with Gasteiger partial charge in [0, 0.05) is 12.1 Å². The summed E-state index contributed by atoms with van der Waals surface area (Å²) in [7, 11) is 0. The number of likely N-dealkylation sites (tertiary alicyclic amines) is 1. The summed E-state index contributed by atoms with van der Waals surface area (Å²) >= 11 is 0. The van der Waals surface area contributed by atoms with E-state index < -0.39 is 0 Å². The van der Waals surface area contributed by atoms with E-state index in [2.05, 4.69) is 11.8 Å². The van der Waals surface area contributed by atoms with Crippen LogP contribution in [0.4, 0.5) is 0 Å². The molecule has 3 heteroatoms. The van der Waals surface area contributed by atoms with Crippen LogP contribution in [0.25, 0.3) is 0 Å². The van der Waals surface area contributed by atoms with E-state index in [1.807, 2.05) is 0 Å². The normalized spacial score (nSPS) is 37.5. The predicted molar refractivity (Wildman–Crippen MR) is 60.3 cm³/mol. The van der Waals surface area contributed by atoms with E-state index in [0.717, 1.165) is 5.92 Å². The smallest absolute Gasteiger partial charge is 0.239 e. The van der Waals surface area contributed by atoms with Gasteiger partial charge < -0.3 is 10.6 Å². The fraction of sp³-hybridized carbons (Fsp3) is 0.917. The summed E-state index contributed by atoms with van der Waals surface area (Å²) < 4.78 is 0. The Morgan fingerprint density at radius 3 is 2.73 bits per heavy atom. The van der Waals surface area contributed by atoms with Crippen LogP contribution in [0.2, 0.25) is 0 Å². The molecule has 1 aliphatic heterocycles. The largest absolute Gasteiger partial charge is 0.335 e. The van der Waals surface area contributed by atoms with E-state index >= 15 is 0 Å². The van der Waals surface area contributed by atoms with Gasteiger partial charge in [-0.05, 0) is 39.0 Å². The Morgan fingerprint density at radius 1 is 1.40 bits per heavy atom. The van der Waals surface area contributed by atoms with Crippen LogP contribution in [0.15, 0.2) is 0 Å². The van der Waals surface area contributed by atoms with Gasteiger partial charge in [0.25, 0.3) is 0 Å². The van der Waals surface area contributed by atoms with Crippen molar-refractivity contribution in [1.82, 2.24) is 4.90 Å². The third-order valence-electron chi connectivity index (χ3n) is 3.99. The molecule has 0 aromatic rings. The second kappa shape index (κ2) is 4.12. The highest BCUT2D eigenvalue weighted by Gasteiger charge is 2.42. The molecule has 15 heavy (non-hydrogen) atoms. The third-order valence-corrected chi connectivity index (χ3v) is 3.99. The zero-order valence-electron chi connectivity index (χ0n) is 9.78. The minimum atomic E-state index is -0.340. The number of nitrogens with two attached hydrogens (primary N) is 1. The van der Waals surface area contributed by atoms with Crippen LogP contribution in [-0.4, -0.2) is 28.9 Å². The van der Waals surface area contributed by atoms with Gasteiger partial charge in [0.1, 0.15) is 0 Å². The van der Waals surface area contributed by atoms with E-state index in [4.69, 9.17) is 5.73 Å². The quantitative estimate of drug-likeness (QED) is 0.713. The molecule has 1 saturated carbocycles. The molecule has 4 unspecified atom stereocenters. The monoisotopic (exact) mass is 210 g/mol. The molecule has 1 amide bonds. The molecule has 2 aliphatic rings. The molecule has 86 valence electrons. The first-order valence-corrected chi connectivity index (χ1v) is 6.19. The highest BCUT2D eigenvalue weighted by Crippen LogP contribution is 2.39. The lowest BCUT2D eigenvalue weighted by Gasteiger charge is -2.34. The number of nitrogens with zero attached hydrogens (tertiary/aromatic N) is 1. The second-order valence-electron chi connectivity index (χ2n) is 5.23. The van der Waals surface area contributed by atoms with Crippen molar-refractivity contribution in [3.63, 3.8) is 0 Å². The Morgan fingerprint density at radius 2 is 2.07 bits per heavy atom. The lowest BCUT2D eigenvalue weighted by Crippen LogP contribution is -2.48. The second-order valence-corrected chi connectivity index (χ2v) is 5.23. The van der Waals surface area contributed by atoms with Crippen LogP contribution in [0.5, 0.6) is 0 Å². The highest BCUT2D eigenvalue weighted by atomic mass is 16.2. The Balaban J connectivity index is 2.12. The van der Waals surface area contributed by atoms with Gasteiger partial charge in [0.05, 0.1) is 6.04 Å². The summed E-state index contributed by atoms with van der Waals surface area (Å²) in [5.74, 6) is 0.897. The minimum Gasteiger partial charge on any atom is -0.335 e. The van der Waals surface area contributed by atoms with Crippen LogP contribution in [0.3, 0.4) is 0 Å². The molecule has 3 nitrogen and oxygen atoms in total. The molecular formula is C12H22N2O. The average molecular weight is 210 g/mol. The molecule has 0 aromatic heterocycles. The van der Waals surface area contributed by atoms with Crippen molar-refractivity contribution >= 4 is 5.91 Å². The highest BCUT2D eigenvalue weighted by molar-refractivity contribution is 5.82. The average Bonchev–Trinajstić information content (AvgIpc) is 2.52. The van der Waals surface area contributed by atoms with Crippen LogP contribution >= 0.6 is 0 Å². The summed E-state index contributed by atoms with van der Waals surface area (Å²) in [4.78, 5) is 14.1. The zero-order chi connectivity index (χ0) is 11.0. The fourth-order valence-corrected chi connectivity index (χ4v) is 3.32. The van der Waals surface area contributed by atoms with Crippen molar-refractivity contribution in [2.75, 3.05) is 0 Å². The van der Waals surface area contributed by atoms with Crippen LogP contribution < -0.4 is 5.73 Å². The van der Waals surface area contributed by atoms with Crippen molar-refractivity contribution < 1.29 is 4.79 Å². The van der Waals surface area contributed by atoms with Gasteiger partial charge in [0.15, 0.2) is 0 Å². The van der Waals surface area contributed by atoms with Gasteiger partial charge in [-0.25, -0.2) is 0 Å². The minimum absolute atomic E-state index is 0.150. The van der Waals surface area contributed by atoms with Crippen molar-refractivity contribution in [2.45, 2.75) is 64.1 Å². The van der Waals surface area contributed by atoms with Gasteiger partial charge >= 0.3 is 0 Å². The van der Waals surface area contributed by atoms with Gasteiger partial charge in [-0.3, -0.25) is 4.79 Å². The number of fused-ring (bicyclic) bond motifs is 1. The summed E-state index contributed by atoms with van der Waals surface area (Å²) in [6, 6.07) is 0.553. The number of hydrogen-bond acceptors (Lipinski definition) is 2. The molecule has 2 N–H and O–H groups in total. The SMILES string of the molecule is CC(N)C(=O)N1C(C)CC2CCCCC21. The number of amides is 1. The Hall–Kier alpha value is -0.570. The summed E-state index contributed by atoms with van der Waals surface area (Å²) in [6.45, 7) is 3.96. The van der Waals surface area contributed by atoms with Gasteiger partial charge in [-0.15, -0.1) is 0 Å². The van der Waals surface area contributed by atoms with Gasteiger partial charge in [-0.1, -0.05) is 12.8 Å².